The number of carbonyl (C=O) groups is 1. The molecule has 9 heteroatoms. The van der Waals surface area contributed by atoms with Gasteiger partial charge in [0.1, 0.15) is 12.3 Å². The maximum absolute atomic E-state index is 13.6. The molecule has 1 N–H and O–H groups in total. The lowest BCUT2D eigenvalue weighted by Gasteiger charge is -2.27. The number of aryl methyl sites for hydroxylation is 2. The van der Waals surface area contributed by atoms with Crippen molar-refractivity contribution >= 4 is 21.6 Å². The summed E-state index contributed by atoms with van der Waals surface area (Å²) >= 11 is 0. The van der Waals surface area contributed by atoms with E-state index in [1.54, 1.807) is 36.4 Å². The van der Waals surface area contributed by atoms with E-state index in [0.717, 1.165) is 54.7 Å². The van der Waals surface area contributed by atoms with Gasteiger partial charge in [0.15, 0.2) is 0 Å². The molecule has 1 heterocycles. The predicted octanol–water partition coefficient (Wildman–Crippen LogP) is 2.35. The van der Waals surface area contributed by atoms with Crippen LogP contribution in [0.5, 0.6) is 5.75 Å². The Morgan fingerprint density at radius 1 is 1.09 bits per heavy atom. The van der Waals surface area contributed by atoms with Gasteiger partial charge in [-0.3, -0.25) is 14.0 Å². The number of ether oxygens (including phenoxy) is 2. The van der Waals surface area contributed by atoms with Crippen LogP contribution in [0, 0.1) is 13.8 Å². The Morgan fingerprint density at radius 2 is 1.76 bits per heavy atom. The van der Waals surface area contributed by atoms with Crippen LogP contribution in [0.1, 0.15) is 17.5 Å². The Kier molecular flexibility index (Phi) is 8.71. The quantitative estimate of drug-likeness (QED) is 0.531. The first-order valence-corrected chi connectivity index (χ1v) is 12.6. The summed E-state index contributed by atoms with van der Waals surface area (Å²) in [6, 6.07) is 11.9. The fourth-order valence-corrected chi connectivity index (χ4v) is 5.10. The molecule has 1 amide bonds. The second-order valence-corrected chi connectivity index (χ2v) is 10.0. The Hall–Kier alpha value is -2.62. The molecule has 0 aromatic heterocycles. The highest BCUT2D eigenvalue weighted by molar-refractivity contribution is 7.92. The number of nitrogens with zero attached hydrogens (tertiary/aromatic N) is 2. The molecular formula is C24H33N3O5S. The molecule has 1 aliphatic rings. The maximum Gasteiger partial charge on any atom is 0.264 e. The minimum atomic E-state index is -3.99. The zero-order chi connectivity index (χ0) is 23.8. The molecule has 1 fully saturated rings. The number of rotatable bonds is 10. The number of sulfonamides is 1. The molecule has 8 nitrogen and oxygen atoms in total. The molecule has 0 atom stereocenters. The second-order valence-electron chi connectivity index (χ2n) is 8.16. The molecule has 33 heavy (non-hydrogen) atoms. The Labute approximate surface area is 196 Å². The Balaban J connectivity index is 1.76. The molecular weight excluding hydrogens is 442 g/mol. The monoisotopic (exact) mass is 475 g/mol. The van der Waals surface area contributed by atoms with Gasteiger partial charge in [0.25, 0.3) is 10.0 Å². The van der Waals surface area contributed by atoms with E-state index in [2.05, 4.69) is 10.2 Å². The molecule has 0 saturated carbocycles. The highest BCUT2D eigenvalue weighted by atomic mass is 32.2. The van der Waals surface area contributed by atoms with Crippen molar-refractivity contribution in [2.24, 2.45) is 0 Å². The third-order valence-electron chi connectivity index (χ3n) is 5.58. The normalized spacial score (nSPS) is 14.6. The molecule has 3 rings (SSSR count). The number of hydrogen-bond donors (Lipinski definition) is 1. The number of carbonyl (C=O) groups excluding carboxylic acids is 1. The number of methoxy groups -OCH3 is 1. The van der Waals surface area contributed by atoms with Crippen molar-refractivity contribution in [3.8, 4) is 5.75 Å². The number of hydrogen-bond acceptors (Lipinski definition) is 6. The lowest BCUT2D eigenvalue weighted by atomic mass is 10.2. The fourth-order valence-electron chi connectivity index (χ4n) is 3.67. The molecule has 0 aliphatic carbocycles. The highest BCUT2D eigenvalue weighted by Crippen LogP contribution is 2.33. The maximum atomic E-state index is 13.6. The summed E-state index contributed by atoms with van der Waals surface area (Å²) in [4.78, 5) is 15.2. The van der Waals surface area contributed by atoms with Crippen LogP contribution in [-0.4, -0.2) is 72.3 Å². The molecule has 1 aliphatic heterocycles. The average Bonchev–Trinajstić information content (AvgIpc) is 2.81. The second kappa shape index (κ2) is 11.5. The summed E-state index contributed by atoms with van der Waals surface area (Å²) in [5, 5.41) is 2.86. The average molecular weight is 476 g/mol. The van der Waals surface area contributed by atoms with E-state index in [0.29, 0.717) is 18.0 Å². The van der Waals surface area contributed by atoms with Crippen LogP contribution in [-0.2, 0) is 19.6 Å². The summed E-state index contributed by atoms with van der Waals surface area (Å²) in [6.07, 6.45) is 0.782. The van der Waals surface area contributed by atoms with Gasteiger partial charge in [0.05, 0.1) is 30.9 Å². The summed E-state index contributed by atoms with van der Waals surface area (Å²) in [5.74, 6) is 0.0210. The predicted molar refractivity (Wildman–Crippen MR) is 128 cm³/mol. The van der Waals surface area contributed by atoms with Crippen LogP contribution in [0.15, 0.2) is 47.4 Å². The van der Waals surface area contributed by atoms with E-state index in [4.69, 9.17) is 9.47 Å². The van der Waals surface area contributed by atoms with Gasteiger partial charge >= 0.3 is 0 Å². The van der Waals surface area contributed by atoms with Crippen LogP contribution < -0.4 is 14.4 Å². The van der Waals surface area contributed by atoms with Crippen LogP contribution >= 0.6 is 0 Å². The number of benzene rings is 2. The molecule has 180 valence electrons. The molecule has 0 spiro atoms. The Bertz CT molecular complexity index is 1030. The topological polar surface area (TPSA) is 88.2 Å². The minimum Gasteiger partial charge on any atom is -0.495 e. The van der Waals surface area contributed by atoms with Gasteiger partial charge in [-0.05, 0) is 56.6 Å². The van der Waals surface area contributed by atoms with Gasteiger partial charge in [-0.2, -0.15) is 0 Å². The smallest absolute Gasteiger partial charge is 0.264 e. The summed E-state index contributed by atoms with van der Waals surface area (Å²) in [6.45, 7) is 8.00. The summed E-state index contributed by atoms with van der Waals surface area (Å²) in [5.41, 5.74) is 2.15. The van der Waals surface area contributed by atoms with Crippen molar-refractivity contribution in [2.75, 3.05) is 57.4 Å². The van der Waals surface area contributed by atoms with Gasteiger partial charge in [-0.1, -0.05) is 23.8 Å². The van der Waals surface area contributed by atoms with E-state index in [1.165, 1.54) is 7.11 Å². The summed E-state index contributed by atoms with van der Waals surface area (Å²) in [7, 11) is -2.51. The van der Waals surface area contributed by atoms with Crippen molar-refractivity contribution in [3.63, 3.8) is 0 Å². The number of morpholine rings is 1. The van der Waals surface area contributed by atoms with Gasteiger partial charge < -0.3 is 14.8 Å². The zero-order valence-corrected chi connectivity index (χ0v) is 20.4. The van der Waals surface area contributed by atoms with Gasteiger partial charge in [-0.15, -0.1) is 0 Å². The molecule has 1 saturated heterocycles. The lowest BCUT2D eigenvalue weighted by Crippen LogP contribution is -2.42. The first-order valence-electron chi connectivity index (χ1n) is 11.1. The van der Waals surface area contributed by atoms with Crippen molar-refractivity contribution < 1.29 is 22.7 Å². The van der Waals surface area contributed by atoms with E-state index in [1.807, 2.05) is 19.9 Å². The van der Waals surface area contributed by atoms with Gasteiger partial charge in [0, 0.05) is 19.6 Å². The Morgan fingerprint density at radius 3 is 2.42 bits per heavy atom. The standard InChI is InChI=1S/C24H33N3O5S/c1-19-5-8-21(9-6-19)33(29,30)27(22-17-20(2)7-10-23(22)31-3)18-24(28)25-11-4-12-26-13-15-32-16-14-26/h5-10,17H,4,11-16,18H2,1-3H3,(H,25,28). The summed E-state index contributed by atoms with van der Waals surface area (Å²) < 4.78 is 39.0. The van der Waals surface area contributed by atoms with Crippen molar-refractivity contribution in [1.29, 1.82) is 0 Å². The lowest BCUT2D eigenvalue weighted by molar-refractivity contribution is -0.119. The third kappa shape index (κ3) is 6.69. The largest absolute Gasteiger partial charge is 0.495 e. The van der Waals surface area contributed by atoms with Crippen LogP contribution in [0.3, 0.4) is 0 Å². The number of nitrogens with one attached hydrogen (secondary N) is 1. The van der Waals surface area contributed by atoms with E-state index in [-0.39, 0.29) is 17.3 Å². The molecule has 2 aromatic carbocycles. The molecule has 0 unspecified atom stereocenters. The SMILES string of the molecule is COc1ccc(C)cc1N(CC(=O)NCCCN1CCOCC1)S(=O)(=O)c1ccc(C)cc1. The minimum absolute atomic E-state index is 0.122. The zero-order valence-electron chi connectivity index (χ0n) is 19.5. The van der Waals surface area contributed by atoms with Crippen LogP contribution in [0.25, 0.3) is 0 Å². The van der Waals surface area contributed by atoms with Crippen molar-refractivity contribution in [2.45, 2.75) is 25.2 Å². The van der Waals surface area contributed by atoms with Crippen molar-refractivity contribution in [1.82, 2.24) is 10.2 Å². The third-order valence-corrected chi connectivity index (χ3v) is 7.35. The molecule has 0 radical (unpaired) electrons. The first kappa shape index (κ1) is 25.0. The number of amides is 1. The van der Waals surface area contributed by atoms with Gasteiger partial charge in [0.2, 0.25) is 5.91 Å². The van der Waals surface area contributed by atoms with Crippen LogP contribution in [0.2, 0.25) is 0 Å². The van der Waals surface area contributed by atoms with E-state index >= 15 is 0 Å². The fraction of sp³-hybridized carbons (Fsp3) is 0.458. The van der Waals surface area contributed by atoms with E-state index < -0.39 is 10.0 Å². The first-order chi connectivity index (χ1) is 15.8. The van der Waals surface area contributed by atoms with E-state index in [9.17, 15) is 13.2 Å². The van der Waals surface area contributed by atoms with Crippen LogP contribution in [0.4, 0.5) is 5.69 Å². The van der Waals surface area contributed by atoms with Gasteiger partial charge in [-0.25, -0.2) is 8.42 Å². The van der Waals surface area contributed by atoms with Crippen molar-refractivity contribution in [3.05, 3.63) is 53.6 Å². The molecule has 2 aromatic rings. The molecule has 0 bridgehead atoms. The highest BCUT2D eigenvalue weighted by Gasteiger charge is 2.29. The number of anilines is 1.